The zero-order valence-electron chi connectivity index (χ0n) is 4.89. The molecular formula is C6H9O2. The first kappa shape index (κ1) is 7.08. The predicted octanol–water partition coefficient (Wildman–Crippen LogP) is 1.82. The van der Waals surface area contributed by atoms with Crippen molar-refractivity contribution in [3.05, 3.63) is 32.0 Å². The molecule has 0 saturated carbocycles. The van der Waals surface area contributed by atoms with Gasteiger partial charge in [0.1, 0.15) is 0 Å². The van der Waals surface area contributed by atoms with Gasteiger partial charge in [0.05, 0.1) is 12.5 Å². The molecule has 0 rings (SSSR count). The molecule has 0 bridgehead atoms. The maximum atomic E-state index is 4.67. The Balaban J connectivity index is 3.16. The third-order valence-electron chi connectivity index (χ3n) is 0.499. The molecule has 0 unspecified atom stereocenters. The quantitative estimate of drug-likeness (QED) is 0.518. The Morgan fingerprint density at radius 3 is 1.88 bits per heavy atom. The van der Waals surface area contributed by atoms with Crippen molar-refractivity contribution >= 4 is 0 Å². The molecule has 0 fully saturated rings. The van der Waals surface area contributed by atoms with Crippen molar-refractivity contribution in [2.24, 2.45) is 0 Å². The van der Waals surface area contributed by atoms with Gasteiger partial charge in [-0.25, -0.2) is 0 Å². The first-order valence-electron chi connectivity index (χ1n) is 2.20. The van der Waals surface area contributed by atoms with Crippen LogP contribution in [0.3, 0.4) is 0 Å². The zero-order valence-corrected chi connectivity index (χ0v) is 4.89. The van der Waals surface area contributed by atoms with Crippen molar-refractivity contribution in [2.45, 2.75) is 6.92 Å². The molecule has 0 aromatic carbocycles. The SMILES string of the molecule is C=CO[C](C)OC=C. The van der Waals surface area contributed by atoms with Gasteiger partial charge in [0.25, 0.3) is 0 Å². The number of hydrogen-bond acceptors (Lipinski definition) is 2. The van der Waals surface area contributed by atoms with Gasteiger partial charge in [0.15, 0.2) is 0 Å². The van der Waals surface area contributed by atoms with E-state index in [-0.39, 0.29) is 0 Å². The minimum Gasteiger partial charge on any atom is -0.454 e. The van der Waals surface area contributed by atoms with Crippen LogP contribution < -0.4 is 0 Å². The van der Waals surface area contributed by atoms with Gasteiger partial charge in [0.2, 0.25) is 0 Å². The summed E-state index contributed by atoms with van der Waals surface area (Å²) in [6.45, 7) is 8.32. The van der Waals surface area contributed by atoms with Gasteiger partial charge < -0.3 is 9.47 Å². The number of hydrogen-bond donors (Lipinski definition) is 0. The molecular weight excluding hydrogens is 104 g/mol. The van der Waals surface area contributed by atoms with Gasteiger partial charge in [-0.3, -0.25) is 0 Å². The molecule has 0 aliphatic rings. The molecule has 0 amide bonds. The van der Waals surface area contributed by atoms with Crippen LogP contribution in [0.5, 0.6) is 0 Å². The molecule has 0 atom stereocenters. The lowest BCUT2D eigenvalue weighted by atomic mass is 10.7. The Labute approximate surface area is 49.4 Å². The smallest absolute Gasteiger partial charge is 0.325 e. The monoisotopic (exact) mass is 113 g/mol. The van der Waals surface area contributed by atoms with Crippen LogP contribution in [-0.2, 0) is 9.47 Å². The van der Waals surface area contributed by atoms with E-state index >= 15 is 0 Å². The van der Waals surface area contributed by atoms with Gasteiger partial charge in [-0.05, 0) is 0 Å². The highest BCUT2D eigenvalue weighted by atomic mass is 16.7. The van der Waals surface area contributed by atoms with E-state index in [0.717, 1.165) is 0 Å². The fraction of sp³-hybridized carbons (Fsp3) is 0.167. The molecule has 8 heavy (non-hydrogen) atoms. The maximum Gasteiger partial charge on any atom is 0.325 e. The second-order valence-corrected chi connectivity index (χ2v) is 1.06. The van der Waals surface area contributed by atoms with Gasteiger partial charge in [-0.15, -0.1) is 0 Å². The topological polar surface area (TPSA) is 18.5 Å². The van der Waals surface area contributed by atoms with Crippen molar-refractivity contribution in [1.82, 2.24) is 0 Å². The predicted molar refractivity (Wildman–Crippen MR) is 31.5 cm³/mol. The summed E-state index contributed by atoms with van der Waals surface area (Å²) >= 11 is 0. The van der Waals surface area contributed by atoms with E-state index in [9.17, 15) is 0 Å². The third-order valence-corrected chi connectivity index (χ3v) is 0.499. The van der Waals surface area contributed by atoms with Gasteiger partial charge in [-0.1, -0.05) is 13.2 Å². The molecule has 0 spiro atoms. The Morgan fingerprint density at radius 1 is 1.25 bits per heavy atom. The molecule has 0 heterocycles. The summed E-state index contributed by atoms with van der Waals surface area (Å²) in [5.41, 5.74) is 0. The van der Waals surface area contributed by atoms with Crippen molar-refractivity contribution in [2.75, 3.05) is 0 Å². The lowest BCUT2D eigenvalue weighted by Gasteiger charge is -2.05. The van der Waals surface area contributed by atoms with Crippen LogP contribution in [0.4, 0.5) is 0 Å². The summed E-state index contributed by atoms with van der Waals surface area (Å²) < 4.78 is 9.34. The molecule has 0 aliphatic heterocycles. The lowest BCUT2D eigenvalue weighted by molar-refractivity contribution is 0.0623. The molecule has 2 heteroatoms. The van der Waals surface area contributed by atoms with E-state index in [1.54, 1.807) is 6.92 Å². The molecule has 0 aliphatic carbocycles. The Bertz CT molecular complexity index is 68.6. The standard InChI is InChI=1S/C6H9O2/c1-4-7-6(3)8-5-2/h4-5H,1-2H2,3H3. The van der Waals surface area contributed by atoms with E-state index in [0.29, 0.717) is 6.29 Å². The Kier molecular flexibility index (Phi) is 3.76. The average Bonchev–Trinajstić information content (AvgIpc) is 1.68. The Morgan fingerprint density at radius 2 is 1.62 bits per heavy atom. The van der Waals surface area contributed by atoms with Crippen LogP contribution in [0.1, 0.15) is 6.92 Å². The highest BCUT2D eigenvalue weighted by Crippen LogP contribution is 2.01. The Hall–Kier alpha value is -0.920. The van der Waals surface area contributed by atoms with E-state index in [4.69, 9.17) is 0 Å². The van der Waals surface area contributed by atoms with Crippen LogP contribution in [0.15, 0.2) is 25.7 Å². The van der Waals surface area contributed by atoms with Gasteiger partial charge in [0, 0.05) is 6.92 Å². The number of ether oxygens (including phenoxy) is 2. The highest BCUT2D eigenvalue weighted by Gasteiger charge is 1.96. The molecule has 2 nitrogen and oxygen atoms in total. The first-order chi connectivity index (χ1) is 3.81. The fourth-order valence-corrected chi connectivity index (χ4v) is 0.262. The summed E-state index contributed by atoms with van der Waals surface area (Å²) in [5, 5.41) is 0. The number of rotatable bonds is 4. The van der Waals surface area contributed by atoms with E-state index in [1.807, 2.05) is 0 Å². The van der Waals surface area contributed by atoms with Crippen molar-refractivity contribution in [1.29, 1.82) is 0 Å². The van der Waals surface area contributed by atoms with E-state index in [2.05, 4.69) is 22.6 Å². The van der Waals surface area contributed by atoms with E-state index in [1.165, 1.54) is 12.5 Å². The molecule has 0 aromatic heterocycles. The molecule has 0 N–H and O–H groups in total. The second kappa shape index (κ2) is 4.24. The first-order valence-corrected chi connectivity index (χ1v) is 2.20. The van der Waals surface area contributed by atoms with Gasteiger partial charge in [-0.2, -0.15) is 0 Å². The minimum absolute atomic E-state index is 0.426. The summed E-state index contributed by atoms with van der Waals surface area (Å²) in [4.78, 5) is 0. The minimum atomic E-state index is 0.426. The van der Waals surface area contributed by atoms with E-state index < -0.39 is 0 Å². The average molecular weight is 113 g/mol. The summed E-state index contributed by atoms with van der Waals surface area (Å²) in [6.07, 6.45) is 3.01. The summed E-state index contributed by atoms with van der Waals surface area (Å²) in [5.74, 6) is 0. The van der Waals surface area contributed by atoms with Crippen molar-refractivity contribution < 1.29 is 9.47 Å². The van der Waals surface area contributed by atoms with Crippen LogP contribution in [0, 0.1) is 6.29 Å². The van der Waals surface area contributed by atoms with Crippen LogP contribution in [0.2, 0.25) is 0 Å². The zero-order chi connectivity index (χ0) is 6.41. The molecule has 45 valence electrons. The normalized spacial score (nSPS) is 8.25. The van der Waals surface area contributed by atoms with Crippen LogP contribution in [0.25, 0.3) is 0 Å². The van der Waals surface area contributed by atoms with Crippen molar-refractivity contribution in [3.63, 3.8) is 0 Å². The maximum absolute atomic E-state index is 4.67. The van der Waals surface area contributed by atoms with Gasteiger partial charge >= 0.3 is 6.29 Å². The third kappa shape index (κ3) is 3.28. The molecule has 0 saturated heterocycles. The van der Waals surface area contributed by atoms with Crippen LogP contribution >= 0.6 is 0 Å². The molecule has 1 radical (unpaired) electrons. The largest absolute Gasteiger partial charge is 0.454 e. The van der Waals surface area contributed by atoms with Crippen LogP contribution in [-0.4, -0.2) is 0 Å². The lowest BCUT2D eigenvalue weighted by Crippen LogP contribution is -1.92. The summed E-state index contributed by atoms with van der Waals surface area (Å²) in [7, 11) is 0. The summed E-state index contributed by atoms with van der Waals surface area (Å²) in [6, 6.07) is 0. The second-order valence-electron chi connectivity index (χ2n) is 1.06. The fourth-order valence-electron chi connectivity index (χ4n) is 0.262. The molecule has 0 aromatic rings. The highest BCUT2D eigenvalue weighted by molar-refractivity contribution is 4.65. The van der Waals surface area contributed by atoms with Crippen molar-refractivity contribution in [3.8, 4) is 0 Å².